The predicted octanol–water partition coefficient (Wildman–Crippen LogP) is 3.81. The van der Waals surface area contributed by atoms with Gasteiger partial charge in [0.1, 0.15) is 0 Å². The van der Waals surface area contributed by atoms with Crippen LogP contribution in [0.5, 0.6) is 17.2 Å². The van der Waals surface area contributed by atoms with Crippen LogP contribution in [0.25, 0.3) is 0 Å². The Morgan fingerprint density at radius 2 is 1.44 bits per heavy atom. The van der Waals surface area contributed by atoms with E-state index >= 15 is 0 Å². The lowest BCUT2D eigenvalue weighted by Gasteiger charge is -2.13. The Kier molecular flexibility index (Phi) is 7.15. The molecule has 27 heavy (non-hydrogen) atoms. The second kappa shape index (κ2) is 9.34. The number of anilines is 1. The molecule has 0 aromatic heterocycles. The molecular weight excluding hydrogens is 397 g/mol. The number of methoxy groups -OCH3 is 3. The predicted molar refractivity (Wildman–Crippen MR) is 101 cm³/mol. The van der Waals surface area contributed by atoms with Crippen molar-refractivity contribution in [3.63, 3.8) is 0 Å². The Labute approximate surface area is 166 Å². The van der Waals surface area contributed by atoms with Crippen molar-refractivity contribution in [3.05, 3.63) is 45.9 Å². The Morgan fingerprint density at radius 1 is 0.889 bits per heavy atom. The number of ether oxygens (including phenoxy) is 4. The Bertz CT molecular complexity index is 810. The van der Waals surface area contributed by atoms with Gasteiger partial charge in [0.2, 0.25) is 5.75 Å². The van der Waals surface area contributed by atoms with E-state index in [0.29, 0.717) is 33.0 Å². The summed E-state index contributed by atoms with van der Waals surface area (Å²) in [4.78, 5) is 24.2. The van der Waals surface area contributed by atoms with Gasteiger partial charge in [-0.3, -0.25) is 4.79 Å². The maximum atomic E-state index is 12.2. The van der Waals surface area contributed by atoms with Crippen molar-refractivity contribution in [1.29, 1.82) is 0 Å². The van der Waals surface area contributed by atoms with E-state index in [-0.39, 0.29) is 5.56 Å². The molecule has 1 N–H and O–H groups in total. The van der Waals surface area contributed by atoms with Crippen molar-refractivity contribution in [2.45, 2.75) is 0 Å². The highest BCUT2D eigenvalue weighted by Crippen LogP contribution is 2.38. The van der Waals surface area contributed by atoms with E-state index in [1.54, 1.807) is 0 Å². The molecule has 0 aliphatic carbocycles. The zero-order valence-corrected chi connectivity index (χ0v) is 16.3. The summed E-state index contributed by atoms with van der Waals surface area (Å²) in [5.41, 5.74) is 0.532. The van der Waals surface area contributed by atoms with Gasteiger partial charge in [-0.05, 0) is 30.3 Å². The summed E-state index contributed by atoms with van der Waals surface area (Å²) in [5, 5.41) is 3.27. The van der Waals surface area contributed by atoms with Crippen LogP contribution >= 0.6 is 23.2 Å². The monoisotopic (exact) mass is 413 g/mol. The minimum Gasteiger partial charge on any atom is -0.493 e. The van der Waals surface area contributed by atoms with Gasteiger partial charge in [-0.1, -0.05) is 23.2 Å². The van der Waals surface area contributed by atoms with Crippen molar-refractivity contribution in [3.8, 4) is 17.2 Å². The summed E-state index contributed by atoms with van der Waals surface area (Å²) in [7, 11) is 4.30. The van der Waals surface area contributed by atoms with Crippen LogP contribution in [-0.2, 0) is 9.53 Å². The third-order valence-corrected chi connectivity index (χ3v) is 3.82. The topological polar surface area (TPSA) is 83.1 Å². The average Bonchev–Trinajstić information content (AvgIpc) is 2.63. The van der Waals surface area contributed by atoms with E-state index < -0.39 is 18.5 Å². The van der Waals surface area contributed by atoms with E-state index in [4.69, 9.17) is 42.1 Å². The van der Waals surface area contributed by atoms with Crippen LogP contribution < -0.4 is 19.5 Å². The zero-order chi connectivity index (χ0) is 20.0. The van der Waals surface area contributed by atoms with Gasteiger partial charge in [0.15, 0.2) is 18.1 Å². The number of nitrogens with one attached hydrogen (secondary N) is 1. The van der Waals surface area contributed by atoms with Crippen LogP contribution in [0.4, 0.5) is 5.69 Å². The molecule has 9 heteroatoms. The fourth-order valence-corrected chi connectivity index (χ4v) is 2.76. The number of halogens is 2. The number of rotatable bonds is 7. The molecule has 0 radical (unpaired) electrons. The second-order valence-electron chi connectivity index (χ2n) is 5.20. The van der Waals surface area contributed by atoms with Crippen molar-refractivity contribution < 1.29 is 28.5 Å². The van der Waals surface area contributed by atoms with Gasteiger partial charge < -0.3 is 24.3 Å². The summed E-state index contributed by atoms with van der Waals surface area (Å²) >= 11 is 11.7. The van der Waals surface area contributed by atoms with Gasteiger partial charge in [0.05, 0.1) is 26.9 Å². The quantitative estimate of drug-likeness (QED) is 0.694. The van der Waals surface area contributed by atoms with Crippen LogP contribution in [0.1, 0.15) is 10.4 Å². The number of carbonyl (C=O) groups is 2. The molecule has 2 rings (SSSR count). The third kappa shape index (κ3) is 5.42. The van der Waals surface area contributed by atoms with Gasteiger partial charge >= 0.3 is 5.97 Å². The van der Waals surface area contributed by atoms with Crippen LogP contribution in [0.2, 0.25) is 10.0 Å². The molecule has 0 atom stereocenters. The van der Waals surface area contributed by atoms with Gasteiger partial charge in [-0.15, -0.1) is 0 Å². The van der Waals surface area contributed by atoms with Crippen LogP contribution in [0.3, 0.4) is 0 Å². The van der Waals surface area contributed by atoms with Gasteiger partial charge in [-0.25, -0.2) is 4.79 Å². The fraction of sp³-hybridized carbons (Fsp3) is 0.222. The highest BCUT2D eigenvalue weighted by molar-refractivity contribution is 6.35. The first-order valence-electron chi connectivity index (χ1n) is 7.61. The highest BCUT2D eigenvalue weighted by Gasteiger charge is 2.18. The minimum atomic E-state index is -0.728. The van der Waals surface area contributed by atoms with Crippen molar-refractivity contribution in [2.75, 3.05) is 33.3 Å². The number of esters is 1. The second-order valence-corrected chi connectivity index (χ2v) is 6.07. The number of hydrogen-bond acceptors (Lipinski definition) is 6. The summed E-state index contributed by atoms with van der Waals surface area (Å²) in [6.07, 6.45) is 0. The lowest BCUT2D eigenvalue weighted by Crippen LogP contribution is -2.21. The first kappa shape index (κ1) is 20.7. The van der Waals surface area contributed by atoms with E-state index in [2.05, 4.69) is 5.32 Å². The van der Waals surface area contributed by atoms with E-state index in [9.17, 15) is 9.59 Å². The number of carbonyl (C=O) groups excluding carboxylic acids is 2. The smallest absolute Gasteiger partial charge is 0.338 e. The molecule has 1 amide bonds. The number of hydrogen-bond donors (Lipinski definition) is 1. The first-order valence-corrected chi connectivity index (χ1v) is 8.36. The Balaban J connectivity index is 2.05. The van der Waals surface area contributed by atoms with Crippen molar-refractivity contribution in [2.24, 2.45) is 0 Å². The number of benzene rings is 2. The third-order valence-electron chi connectivity index (χ3n) is 3.38. The molecule has 0 saturated carbocycles. The summed E-state index contributed by atoms with van der Waals surface area (Å²) in [5.74, 6) is -0.349. The summed E-state index contributed by atoms with van der Waals surface area (Å²) < 4.78 is 20.6. The van der Waals surface area contributed by atoms with E-state index in [1.807, 2.05) is 0 Å². The molecule has 144 valence electrons. The molecule has 0 heterocycles. The number of amides is 1. The molecule has 7 nitrogen and oxygen atoms in total. The van der Waals surface area contributed by atoms with E-state index in [1.165, 1.54) is 51.7 Å². The van der Waals surface area contributed by atoms with Crippen molar-refractivity contribution in [1.82, 2.24) is 0 Å². The Morgan fingerprint density at radius 3 is 1.93 bits per heavy atom. The molecule has 0 unspecified atom stereocenters. The molecule has 2 aromatic carbocycles. The Hall–Kier alpha value is -2.64. The van der Waals surface area contributed by atoms with Gasteiger partial charge in [0.25, 0.3) is 5.91 Å². The van der Waals surface area contributed by atoms with E-state index in [0.717, 1.165) is 0 Å². The molecule has 0 bridgehead atoms. The van der Waals surface area contributed by atoms with Crippen molar-refractivity contribution >= 4 is 40.8 Å². The molecular formula is C18H17Cl2NO6. The average molecular weight is 414 g/mol. The lowest BCUT2D eigenvalue weighted by molar-refractivity contribution is -0.119. The summed E-state index contributed by atoms with van der Waals surface area (Å²) in [6.45, 7) is -0.500. The molecule has 0 aliphatic rings. The maximum absolute atomic E-state index is 12.2. The maximum Gasteiger partial charge on any atom is 0.338 e. The summed E-state index contributed by atoms with van der Waals surface area (Å²) in [6, 6.07) is 7.43. The first-order chi connectivity index (χ1) is 12.9. The normalized spacial score (nSPS) is 10.1. The standard InChI is InChI=1S/C18H17Cl2NO6/c1-24-14-4-10(5-15(25-2)17(14)26-3)18(23)27-9-16(22)21-13-7-11(19)6-12(20)8-13/h4-8H,9H2,1-3H3,(H,21,22). The van der Waals surface area contributed by atoms with Crippen LogP contribution in [-0.4, -0.2) is 39.8 Å². The lowest BCUT2D eigenvalue weighted by atomic mass is 10.2. The van der Waals surface area contributed by atoms with Gasteiger partial charge in [-0.2, -0.15) is 0 Å². The minimum absolute atomic E-state index is 0.142. The zero-order valence-electron chi connectivity index (χ0n) is 14.8. The van der Waals surface area contributed by atoms with Gasteiger partial charge in [0, 0.05) is 15.7 Å². The molecule has 0 fully saturated rings. The van der Waals surface area contributed by atoms with Crippen LogP contribution in [0.15, 0.2) is 30.3 Å². The molecule has 0 saturated heterocycles. The molecule has 0 spiro atoms. The molecule has 0 aliphatic heterocycles. The van der Waals surface area contributed by atoms with Crippen LogP contribution in [0, 0.1) is 0 Å². The molecule has 2 aromatic rings. The largest absolute Gasteiger partial charge is 0.493 e. The highest BCUT2D eigenvalue weighted by atomic mass is 35.5. The SMILES string of the molecule is COc1cc(C(=O)OCC(=O)Nc2cc(Cl)cc(Cl)c2)cc(OC)c1OC. The fourth-order valence-electron chi connectivity index (χ4n) is 2.24.